The van der Waals surface area contributed by atoms with Crippen molar-refractivity contribution in [2.45, 2.75) is 77.0 Å². The number of hydrogen-bond donors (Lipinski definition) is 2. The van der Waals surface area contributed by atoms with Gasteiger partial charge in [0.25, 0.3) is 0 Å². The maximum Gasteiger partial charge on any atom is 0.191 e. The van der Waals surface area contributed by atoms with Crippen LogP contribution in [-0.4, -0.2) is 50.5 Å². The van der Waals surface area contributed by atoms with Crippen molar-refractivity contribution < 1.29 is 9.47 Å². The first-order valence-electron chi connectivity index (χ1n) is 9.55. The monoisotopic (exact) mass is 451 g/mol. The summed E-state index contributed by atoms with van der Waals surface area (Å²) in [7, 11) is 0. The normalized spacial score (nSPS) is 29.8. The topological polar surface area (TPSA) is 54.9 Å². The first-order valence-corrected chi connectivity index (χ1v) is 9.55. The minimum Gasteiger partial charge on any atom is -0.381 e. The van der Waals surface area contributed by atoms with Crippen LogP contribution in [0, 0.1) is 5.41 Å². The lowest BCUT2D eigenvalue weighted by Gasteiger charge is -2.54. The van der Waals surface area contributed by atoms with Crippen molar-refractivity contribution in [2.24, 2.45) is 10.4 Å². The van der Waals surface area contributed by atoms with Crippen molar-refractivity contribution in [1.82, 2.24) is 10.6 Å². The average Bonchev–Trinajstić information content (AvgIpc) is 3.08. The maximum atomic E-state index is 6.02. The first kappa shape index (κ1) is 20.2. The van der Waals surface area contributed by atoms with Gasteiger partial charge in [0, 0.05) is 43.9 Å². The van der Waals surface area contributed by atoms with E-state index < -0.39 is 0 Å². The van der Waals surface area contributed by atoms with E-state index in [1.807, 2.05) is 0 Å². The summed E-state index contributed by atoms with van der Waals surface area (Å²) < 4.78 is 11.5. The van der Waals surface area contributed by atoms with E-state index in [4.69, 9.17) is 9.47 Å². The van der Waals surface area contributed by atoms with Crippen molar-refractivity contribution in [3.8, 4) is 0 Å². The summed E-state index contributed by atoms with van der Waals surface area (Å²) in [6.45, 7) is 7.57. The number of halogens is 1. The van der Waals surface area contributed by atoms with Crippen molar-refractivity contribution in [1.29, 1.82) is 0 Å². The molecule has 1 aliphatic heterocycles. The predicted molar refractivity (Wildman–Crippen MR) is 108 cm³/mol. The van der Waals surface area contributed by atoms with Gasteiger partial charge in [0.05, 0.1) is 6.10 Å². The zero-order chi connectivity index (χ0) is 16.1. The Kier molecular flexibility index (Phi) is 8.07. The third-order valence-electron chi connectivity index (χ3n) is 5.88. The van der Waals surface area contributed by atoms with Gasteiger partial charge in [-0.15, -0.1) is 24.0 Å². The summed E-state index contributed by atoms with van der Waals surface area (Å²) in [6, 6.07) is 1.00. The summed E-state index contributed by atoms with van der Waals surface area (Å²) in [5, 5.41) is 7.37. The van der Waals surface area contributed by atoms with Crippen molar-refractivity contribution in [3.05, 3.63) is 0 Å². The van der Waals surface area contributed by atoms with Crippen LogP contribution in [0.5, 0.6) is 0 Å². The van der Waals surface area contributed by atoms with Crippen molar-refractivity contribution in [2.75, 3.05) is 26.4 Å². The Bertz CT molecular complexity index is 407. The zero-order valence-corrected chi connectivity index (χ0v) is 17.5. The van der Waals surface area contributed by atoms with Gasteiger partial charge >= 0.3 is 0 Å². The Morgan fingerprint density at radius 1 is 1.17 bits per heavy atom. The van der Waals surface area contributed by atoms with Gasteiger partial charge in [-0.1, -0.05) is 12.8 Å². The van der Waals surface area contributed by atoms with E-state index in [0.29, 0.717) is 23.6 Å². The number of nitrogens with one attached hydrogen (secondary N) is 2. The number of guanidine groups is 1. The fourth-order valence-corrected chi connectivity index (χ4v) is 4.58. The molecule has 2 atom stereocenters. The molecule has 1 spiro atoms. The van der Waals surface area contributed by atoms with Crippen LogP contribution in [0.25, 0.3) is 0 Å². The Balaban J connectivity index is 0.00000208. The summed E-state index contributed by atoms with van der Waals surface area (Å²) in [6.07, 6.45) is 8.98. The van der Waals surface area contributed by atoms with Gasteiger partial charge in [0.2, 0.25) is 0 Å². The molecule has 140 valence electrons. The zero-order valence-electron chi connectivity index (χ0n) is 15.2. The largest absolute Gasteiger partial charge is 0.381 e. The Morgan fingerprint density at radius 2 is 1.88 bits per heavy atom. The predicted octanol–water partition coefficient (Wildman–Crippen LogP) is 3.08. The van der Waals surface area contributed by atoms with Gasteiger partial charge in [-0.2, -0.15) is 0 Å². The van der Waals surface area contributed by atoms with Crippen LogP contribution in [0.3, 0.4) is 0 Å². The van der Waals surface area contributed by atoms with Crippen LogP contribution < -0.4 is 10.6 Å². The lowest BCUT2D eigenvalue weighted by Crippen LogP contribution is -2.65. The standard InChI is InChI=1S/C18H33N3O2.HI/c1-3-19-17(20-14-7-11-22-12-8-14)21-15-13-16(23-4-2)18(15)9-5-6-10-18;/h14-16H,3-13H2,1-2H3,(H2,19,20,21);1H. The fourth-order valence-electron chi connectivity index (χ4n) is 4.58. The van der Waals surface area contributed by atoms with Crippen LogP contribution in [0.4, 0.5) is 0 Å². The molecule has 2 unspecified atom stereocenters. The Labute approximate surface area is 163 Å². The maximum absolute atomic E-state index is 6.02. The van der Waals surface area contributed by atoms with Gasteiger partial charge < -0.3 is 20.1 Å². The van der Waals surface area contributed by atoms with Crippen molar-refractivity contribution in [3.63, 3.8) is 0 Å². The van der Waals surface area contributed by atoms with Gasteiger partial charge in [-0.25, -0.2) is 0 Å². The molecule has 3 rings (SSSR count). The van der Waals surface area contributed by atoms with Crippen LogP contribution in [-0.2, 0) is 9.47 Å². The second-order valence-corrected chi connectivity index (χ2v) is 7.17. The highest BCUT2D eigenvalue weighted by Gasteiger charge is 2.57. The SMILES string of the molecule is CCN=C(NC1CCOCC1)NC1CC(OCC)C12CCCC2.I. The van der Waals surface area contributed by atoms with E-state index in [-0.39, 0.29) is 24.0 Å². The van der Waals surface area contributed by atoms with E-state index in [2.05, 4.69) is 29.5 Å². The second-order valence-electron chi connectivity index (χ2n) is 7.17. The number of ether oxygens (including phenoxy) is 2. The Hall–Kier alpha value is -0.0800. The molecule has 2 saturated carbocycles. The Morgan fingerprint density at radius 3 is 2.50 bits per heavy atom. The second kappa shape index (κ2) is 9.57. The van der Waals surface area contributed by atoms with Crippen LogP contribution in [0.15, 0.2) is 4.99 Å². The summed E-state index contributed by atoms with van der Waals surface area (Å²) in [4.78, 5) is 4.68. The number of nitrogens with zero attached hydrogens (tertiary/aromatic N) is 1. The molecule has 0 amide bonds. The highest BCUT2D eigenvalue weighted by molar-refractivity contribution is 14.0. The lowest BCUT2D eigenvalue weighted by molar-refractivity contribution is -0.125. The van der Waals surface area contributed by atoms with Gasteiger partial charge in [0.15, 0.2) is 5.96 Å². The van der Waals surface area contributed by atoms with Crippen LogP contribution in [0.1, 0.15) is 58.8 Å². The first-order chi connectivity index (χ1) is 11.3. The highest BCUT2D eigenvalue weighted by atomic mass is 127. The minimum absolute atomic E-state index is 0. The van der Waals surface area contributed by atoms with Gasteiger partial charge in [-0.05, 0) is 46.0 Å². The van der Waals surface area contributed by atoms with Crippen LogP contribution >= 0.6 is 24.0 Å². The molecule has 2 N–H and O–H groups in total. The van der Waals surface area contributed by atoms with E-state index >= 15 is 0 Å². The molecule has 1 heterocycles. The van der Waals surface area contributed by atoms with Gasteiger partial charge in [-0.3, -0.25) is 4.99 Å². The van der Waals surface area contributed by atoms with E-state index in [0.717, 1.165) is 51.6 Å². The summed E-state index contributed by atoms with van der Waals surface area (Å²) >= 11 is 0. The number of hydrogen-bond acceptors (Lipinski definition) is 3. The summed E-state index contributed by atoms with van der Waals surface area (Å²) in [5.41, 5.74) is 0.349. The molecule has 0 aromatic carbocycles. The highest BCUT2D eigenvalue weighted by Crippen LogP contribution is 2.54. The smallest absolute Gasteiger partial charge is 0.191 e. The average molecular weight is 451 g/mol. The third-order valence-corrected chi connectivity index (χ3v) is 5.88. The van der Waals surface area contributed by atoms with E-state index in [1.165, 1.54) is 25.7 Å². The molecule has 3 aliphatic rings. The fraction of sp³-hybridized carbons (Fsp3) is 0.944. The summed E-state index contributed by atoms with van der Waals surface area (Å²) in [5.74, 6) is 0.991. The lowest BCUT2D eigenvalue weighted by atomic mass is 9.60. The van der Waals surface area contributed by atoms with Crippen LogP contribution in [0.2, 0.25) is 0 Å². The third kappa shape index (κ3) is 4.36. The van der Waals surface area contributed by atoms with E-state index in [9.17, 15) is 0 Å². The molecular formula is C18H34IN3O2. The van der Waals surface area contributed by atoms with E-state index in [1.54, 1.807) is 0 Å². The molecular weight excluding hydrogens is 417 g/mol. The molecule has 6 heteroatoms. The minimum atomic E-state index is 0. The number of rotatable bonds is 5. The molecule has 1 saturated heterocycles. The van der Waals surface area contributed by atoms with Crippen molar-refractivity contribution >= 4 is 29.9 Å². The molecule has 0 radical (unpaired) electrons. The molecule has 0 aromatic heterocycles. The molecule has 2 aliphatic carbocycles. The molecule has 0 bridgehead atoms. The molecule has 5 nitrogen and oxygen atoms in total. The number of aliphatic imine (C=N–C) groups is 1. The molecule has 24 heavy (non-hydrogen) atoms. The molecule has 0 aromatic rings. The molecule has 3 fully saturated rings. The quantitative estimate of drug-likeness (QED) is 0.383. The van der Waals surface area contributed by atoms with Gasteiger partial charge in [0.1, 0.15) is 0 Å².